The Hall–Kier alpha value is -3.10. The lowest BCUT2D eigenvalue weighted by Crippen LogP contribution is -2.28. The molecule has 8 heteroatoms. The third-order valence-corrected chi connectivity index (χ3v) is 6.80. The molecule has 4 rings (SSSR count). The van der Waals surface area contributed by atoms with Crippen LogP contribution in [0.4, 0.5) is 0 Å². The van der Waals surface area contributed by atoms with E-state index in [1.54, 1.807) is 18.9 Å². The zero-order chi connectivity index (χ0) is 22.5. The average molecular weight is 465 g/mol. The molecule has 1 unspecified atom stereocenters. The number of nitrogens with zero attached hydrogens (tertiary/aromatic N) is 3. The van der Waals surface area contributed by atoms with Crippen LogP contribution in [0.25, 0.3) is 5.69 Å². The molecular formula is C24H24N4O2S2. The number of carbonyl (C=O) groups excluding carboxylic acids is 1. The number of hydrogen-bond donors (Lipinski definition) is 1. The second-order valence-corrected chi connectivity index (χ2v) is 9.21. The number of methoxy groups -OCH3 is 1. The predicted octanol–water partition coefficient (Wildman–Crippen LogP) is 5.43. The molecule has 0 aliphatic rings. The van der Waals surface area contributed by atoms with Crippen LogP contribution in [0.2, 0.25) is 0 Å². The standard InChI is InChI=1S/C24H24N4O2S2/c1-16-9-11-19(12-10-16)28-22(17(2)25-23(29)21-8-5-13-31-21)26-27-24(28)32-15-18-6-4-7-20(14-18)30-3/h4-14,17H,15H2,1-3H3,(H,25,29). The van der Waals surface area contributed by atoms with Crippen molar-refractivity contribution in [2.24, 2.45) is 0 Å². The van der Waals surface area contributed by atoms with Gasteiger partial charge in [0.25, 0.3) is 5.91 Å². The zero-order valence-electron chi connectivity index (χ0n) is 18.1. The van der Waals surface area contributed by atoms with Gasteiger partial charge < -0.3 is 10.1 Å². The van der Waals surface area contributed by atoms with Crippen molar-refractivity contribution in [1.29, 1.82) is 0 Å². The number of ether oxygens (including phenoxy) is 1. The highest BCUT2D eigenvalue weighted by atomic mass is 32.2. The molecule has 0 aliphatic heterocycles. The third-order valence-electron chi connectivity index (χ3n) is 4.93. The summed E-state index contributed by atoms with van der Waals surface area (Å²) in [6.07, 6.45) is 0. The van der Waals surface area contributed by atoms with Gasteiger partial charge in [-0.1, -0.05) is 47.7 Å². The molecule has 2 aromatic heterocycles. The lowest BCUT2D eigenvalue weighted by Gasteiger charge is -2.16. The van der Waals surface area contributed by atoms with Crippen molar-refractivity contribution in [1.82, 2.24) is 20.1 Å². The molecular weight excluding hydrogens is 440 g/mol. The molecule has 0 bridgehead atoms. The highest BCUT2D eigenvalue weighted by molar-refractivity contribution is 7.98. The van der Waals surface area contributed by atoms with Gasteiger partial charge in [-0.05, 0) is 55.1 Å². The predicted molar refractivity (Wildman–Crippen MR) is 129 cm³/mol. The van der Waals surface area contributed by atoms with E-state index in [2.05, 4.69) is 40.6 Å². The molecule has 2 aromatic carbocycles. The molecule has 1 atom stereocenters. The fourth-order valence-corrected chi connectivity index (χ4v) is 4.77. The van der Waals surface area contributed by atoms with E-state index in [-0.39, 0.29) is 11.9 Å². The van der Waals surface area contributed by atoms with E-state index in [9.17, 15) is 4.79 Å². The van der Waals surface area contributed by atoms with Gasteiger partial charge >= 0.3 is 0 Å². The van der Waals surface area contributed by atoms with Gasteiger partial charge in [-0.3, -0.25) is 9.36 Å². The van der Waals surface area contributed by atoms with Crippen molar-refractivity contribution in [2.75, 3.05) is 7.11 Å². The summed E-state index contributed by atoms with van der Waals surface area (Å²) in [5, 5.41) is 14.6. The van der Waals surface area contributed by atoms with Crippen LogP contribution in [-0.2, 0) is 5.75 Å². The molecule has 0 fully saturated rings. The summed E-state index contributed by atoms with van der Waals surface area (Å²) in [5.41, 5.74) is 3.27. The Balaban J connectivity index is 1.62. The normalized spacial score (nSPS) is 11.8. The van der Waals surface area contributed by atoms with Gasteiger partial charge in [0.1, 0.15) is 5.75 Å². The molecule has 0 saturated heterocycles. The van der Waals surface area contributed by atoms with Crippen LogP contribution >= 0.6 is 23.1 Å². The van der Waals surface area contributed by atoms with Crippen molar-refractivity contribution < 1.29 is 9.53 Å². The van der Waals surface area contributed by atoms with Gasteiger partial charge in [0.05, 0.1) is 18.0 Å². The number of amides is 1. The SMILES string of the molecule is COc1cccc(CSc2nnc(C(C)NC(=O)c3cccs3)n2-c2ccc(C)cc2)c1. The van der Waals surface area contributed by atoms with Gasteiger partial charge in [0, 0.05) is 11.4 Å². The summed E-state index contributed by atoms with van der Waals surface area (Å²) in [7, 11) is 1.67. The number of thiophene rings is 1. The number of benzene rings is 2. The van der Waals surface area contributed by atoms with E-state index in [4.69, 9.17) is 4.74 Å². The van der Waals surface area contributed by atoms with Crippen molar-refractivity contribution in [3.8, 4) is 11.4 Å². The lowest BCUT2D eigenvalue weighted by molar-refractivity contribution is 0.0942. The van der Waals surface area contributed by atoms with Gasteiger partial charge in [0.15, 0.2) is 11.0 Å². The first-order chi connectivity index (χ1) is 15.5. The molecule has 1 amide bonds. The summed E-state index contributed by atoms with van der Waals surface area (Å²) < 4.78 is 7.35. The maximum atomic E-state index is 12.6. The number of thioether (sulfide) groups is 1. The van der Waals surface area contributed by atoms with Crippen molar-refractivity contribution >= 4 is 29.0 Å². The zero-order valence-corrected chi connectivity index (χ0v) is 19.7. The van der Waals surface area contributed by atoms with E-state index >= 15 is 0 Å². The first-order valence-electron chi connectivity index (χ1n) is 10.2. The number of carbonyl (C=O) groups is 1. The number of aromatic nitrogens is 3. The minimum atomic E-state index is -0.315. The molecule has 6 nitrogen and oxygen atoms in total. The van der Waals surface area contributed by atoms with E-state index < -0.39 is 0 Å². The van der Waals surface area contributed by atoms with E-state index in [1.165, 1.54) is 16.9 Å². The fraction of sp³-hybridized carbons (Fsp3) is 0.208. The molecule has 4 aromatic rings. The first kappa shape index (κ1) is 22.1. The van der Waals surface area contributed by atoms with E-state index in [0.717, 1.165) is 27.9 Å². The maximum absolute atomic E-state index is 12.6. The number of rotatable bonds is 8. The van der Waals surface area contributed by atoms with Crippen LogP contribution in [0.15, 0.2) is 71.2 Å². The highest BCUT2D eigenvalue weighted by Gasteiger charge is 2.22. The van der Waals surface area contributed by atoms with Crippen LogP contribution in [-0.4, -0.2) is 27.8 Å². The van der Waals surface area contributed by atoms with Crippen LogP contribution in [0, 0.1) is 6.92 Å². The summed E-state index contributed by atoms with van der Waals surface area (Å²) in [4.78, 5) is 13.3. The van der Waals surface area contributed by atoms with Gasteiger partial charge in [0.2, 0.25) is 0 Å². The Morgan fingerprint density at radius 3 is 2.69 bits per heavy atom. The van der Waals surface area contributed by atoms with E-state index in [0.29, 0.717) is 10.7 Å². The summed E-state index contributed by atoms with van der Waals surface area (Å²) in [5.74, 6) is 2.12. The second kappa shape index (κ2) is 10.0. The Morgan fingerprint density at radius 1 is 1.16 bits per heavy atom. The lowest BCUT2D eigenvalue weighted by atomic mass is 10.2. The van der Waals surface area contributed by atoms with Crippen LogP contribution < -0.4 is 10.1 Å². The topological polar surface area (TPSA) is 69.0 Å². The quantitative estimate of drug-likeness (QED) is 0.352. The van der Waals surface area contributed by atoms with Crippen molar-refractivity contribution in [3.63, 3.8) is 0 Å². The Labute approximate surface area is 195 Å². The third kappa shape index (κ3) is 5.03. The minimum absolute atomic E-state index is 0.114. The van der Waals surface area contributed by atoms with Crippen LogP contribution in [0.5, 0.6) is 5.75 Å². The Morgan fingerprint density at radius 2 is 1.97 bits per heavy atom. The second-order valence-electron chi connectivity index (χ2n) is 7.32. The van der Waals surface area contributed by atoms with Crippen molar-refractivity contribution in [2.45, 2.75) is 30.8 Å². The largest absolute Gasteiger partial charge is 0.497 e. The highest BCUT2D eigenvalue weighted by Crippen LogP contribution is 2.29. The smallest absolute Gasteiger partial charge is 0.261 e. The van der Waals surface area contributed by atoms with Crippen LogP contribution in [0.3, 0.4) is 0 Å². The van der Waals surface area contributed by atoms with E-state index in [1.807, 2.05) is 59.3 Å². The monoisotopic (exact) mass is 464 g/mol. The molecule has 0 spiro atoms. The van der Waals surface area contributed by atoms with Gasteiger partial charge in [-0.2, -0.15) is 0 Å². The number of aryl methyl sites for hydroxylation is 1. The molecule has 32 heavy (non-hydrogen) atoms. The van der Waals surface area contributed by atoms with Crippen LogP contribution in [0.1, 0.15) is 39.6 Å². The Bertz CT molecular complexity index is 1190. The summed E-state index contributed by atoms with van der Waals surface area (Å²) in [6, 6.07) is 19.6. The summed E-state index contributed by atoms with van der Waals surface area (Å²) >= 11 is 3.01. The molecule has 2 heterocycles. The summed E-state index contributed by atoms with van der Waals surface area (Å²) in [6.45, 7) is 3.98. The molecule has 0 aliphatic carbocycles. The van der Waals surface area contributed by atoms with Gasteiger partial charge in [-0.25, -0.2) is 0 Å². The van der Waals surface area contributed by atoms with Crippen molar-refractivity contribution in [3.05, 3.63) is 87.9 Å². The molecule has 1 N–H and O–H groups in total. The average Bonchev–Trinajstić information content (AvgIpc) is 3.49. The number of nitrogens with one attached hydrogen (secondary N) is 1. The number of hydrogen-bond acceptors (Lipinski definition) is 6. The Kier molecular flexibility index (Phi) is 6.92. The fourth-order valence-electron chi connectivity index (χ4n) is 3.24. The maximum Gasteiger partial charge on any atom is 0.261 e. The molecule has 0 radical (unpaired) electrons. The van der Waals surface area contributed by atoms with Gasteiger partial charge in [-0.15, -0.1) is 21.5 Å². The molecule has 0 saturated carbocycles. The molecule has 164 valence electrons. The first-order valence-corrected chi connectivity index (χ1v) is 12.0. The minimum Gasteiger partial charge on any atom is -0.497 e.